The van der Waals surface area contributed by atoms with Crippen LogP contribution in [0.3, 0.4) is 0 Å². The van der Waals surface area contributed by atoms with Crippen LogP contribution in [-0.2, 0) is 23.8 Å². The van der Waals surface area contributed by atoms with Crippen molar-refractivity contribution < 1.29 is 28.9 Å². The molecule has 0 unspecified atom stereocenters. The fourth-order valence-corrected chi connectivity index (χ4v) is 10.3. The predicted octanol–water partition coefficient (Wildman–Crippen LogP) is 6.25. The van der Waals surface area contributed by atoms with Crippen molar-refractivity contribution in [2.75, 3.05) is 18.5 Å². The molecule has 8 heteroatoms. The molecule has 1 aromatic rings. The Balaban J connectivity index is 1.39. The van der Waals surface area contributed by atoms with Gasteiger partial charge in [0.05, 0.1) is 23.6 Å². The predicted molar refractivity (Wildman–Crippen MR) is 158 cm³/mol. The lowest BCUT2D eigenvalue weighted by Crippen LogP contribution is -2.67. The lowest BCUT2D eigenvalue weighted by atomic mass is 9.52. The smallest absolute Gasteiger partial charge is 0.302 e. The first-order valence-electron chi connectivity index (χ1n) is 15.2. The van der Waals surface area contributed by atoms with E-state index in [4.69, 9.17) is 14.2 Å². The number of nitrogens with one attached hydrogen (secondary N) is 1. The van der Waals surface area contributed by atoms with Gasteiger partial charge in [-0.3, -0.25) is 9.59 Å². The van der Waals surface area contributed by atoms with E-state index >= 15 is 0 Å². The molecule has 224 valence electrons. The van der Waals surface area contributed by atoms with E-state index in [-0.39, 0.29) is 28.8 Å². The molecule has 1 saturated heterocycles. The number of hydrogen-bond donors (Lipinski definition) is 2. The number of hydrogen-bond acceptors (Lipinski definition) is 7. The van der Waals surface area contributed by atoms with E-state index in [1.165, 1.54) is 19.4 Å². The molecule has 7 nitrogen and oxygen atoms in total. The Morgan fingerprint density at radius 1 is 1.05 bits per heavy atom. The van der Waals surface area contributed by atoms with Crippen molar-refractivity contribution in [2.24, 2.45) is 22.7 Å². The largest absolute Gasteiger partial charge is 0.462 e. The second-order valence-electron chi connectivity index (χ2n) is 14.3. The Labute approximate surface area is 248 Å². The highest BCUT2D eigenvalue weighted by molar-refractivity contribution is 8.01. The van der Waals surface area contributed by atoms with E-state index in [1.807, 2.05) is 18.2 Å². The number of benzene rings is 1. The van der Waals surface area contributed by atoms with Crippen LogP contribution in [0.1, 0.15) is 86.0 Å². The van der Waals surface area contributed by atoms with E-state index < -0.39 is 16.1 Å². The molecule has 5 aliphatic rings. The zero-order valence-corrected chi connectivity index (χ0v) is 25.9. The second kappa shape index (κ2) is 10.1. The maximum Gasteiger partial charge on any atom is 0.302 e. The number of allylic oxidation sites excluding steroid dienone is 1. The van der Waals surface area contributed by atoms with Crippen LogP contribution in [0.4, 0.5) is 5.69 Å². The van der Waals surface area contributed by atoms with Crippen molar-refractivity contribution in [2.45, 2.75) is 113 Å². The minimum absolute atomic E-state index is 0.0454. The highest BCUT2D eigenvalue weighted by atomic mass is 32.2. The summed E-state index contributed by atoms with van der Waals surface area (Å²) >= 11 is 1.75. The van der Waals surface area contributed by atoms with Crippen molar-refractivity contribution >= 4 is 29.3 Å². The topological polar surface area (TPSA) is 94.1 Å². The summed E-state index contributed by atoms with van der Waals surface area (Å²) in [6.07, 6.45) is 8.52. The summed E-state index contributed by atoms with van der Waals surface area (Å²) in [6.45, 7) is 10.9. The van der Waals surface area contributed by atoms with Gasteiger partial charge in [-0.15, -0.1) is 11.8 Å². The van der Waals surface area contributed by atoms with Gasteiger partial charge < -0.3 is 24.6 Å². The molecule has 1 amide bonds. The number of esters is 1. The third kappa shape index (κ3) is 4.96. The summed E-state index contributed by atoms with van der Waals surface area (Å²) in [4.78, 5) is 24.8. The first-order valence-corrected chi connectivity index (χ1v) is 16.1. The van der Waals surface area contributed by atoms with Gasteiger partial charge >= 0.3 is 5.97 Å². The number of ether oxygens (including phenoxy) is 3. The molecule has 1 aromatic carbocycles. The van der Waals surface area contributed by atoms with Gasteiger partial charge in [0.25, 0.3) is 0 Å². The van der Waals surface area contributed by atoms with Gasteiger partial charge in [-0.1, -0.05) is 38.5 Å². The van der Waals surface area contributed by atoms with Gasteiger partial charge in [0, 0.05) is 48.1 Å². The van der Waals surface area contributed by atoms with E-state index in [0.717, 1.165) is 42.7 Å². The molecule has 4 fully saturated rings. The third-order valence-electron chi connectivity index (χ3n) is 10.7. The lowest BCUT2D eigenvalue weighted by Gasteiger charge is -2.63. The van der Waals surface area contributed by atoms with E-state index in [2.05, 4.69) is 38.2 Å². The van der Waals surface area contributed by atoms with Gasteiger partial charge in [0.15, 0.2) is 5.79 Å². The molecule has 0 aromatic heterocycles. The molecule has 3 saturated carbocycles. The molecular weight excluding hydrogens is 538 g/mol. The number of anilines is 1. The fourth-order valence-electron chi connectivity index (χ4n) is 8.69. The summed E-state index contributed by atoms with van der Waals surface area (Å²) in [6, 6.07) is 7.97. The van der Waals surface area contributed by atoms with Crippen LogP contribution in [-0.4, -0.2) is 52.4 Å². The monoisotopic (exact) mass is 583 g/mol. The number of fused-ring (bicyclic) bond motifs is 5. The standard InChI is InChI=1S/C33H45NO6S/c1-21(35)34-23-7-6-8-24(17-23)41-33-16-15-32(38-19-29(3,4)20-39-32)18-31(33,37)14-11-25-26-9-10-28(40-22(2)36)30(26,5)13-12-27(25)33/h6-8,12,17,25-26,28,37H,9-11,13-16,18-20H2,1-5H3,(H,34,35)/t25-,26-,28-,30-,31+,33-/m0/s1. The molecule has 1 spiro atoms. The average molecular weight is 584 g/mol. The van der Waals surface area contributed by atoms with Crippen LogP contribution < -0.4 is 5.32 Å². The van der Waals surface area contributed by atoms with Crippen LogP contribution in [0.25, 0.3) is 0 Å². The second-order valence-corrected chi connectivity index (χ2v) is 15.7. The number of rotatable bonds is 4. The summed E-state index contributed by atoms with van der Waals surface area (Å²) in [7, 11) is 0. The minimum Gasteiger partial charge on any atom is -0.462 e. The van der Waals surface area contributed by atoms with Gasteiger partial charge in [-0.05, 0) is 68.6 Å². The number of aliphatic hydroxyl groups is 1. The summed E-state index contributed by atoms with van der Waals surface area (Å²) in [5.41, 5.74) is 0.942. The van der Waals surface area contributed by atoms with Crippen molar-refractivity contribution in [1.29, 1.82) is 0 Å². The molecule has 41 heavy (non-hydrogen) atoms. The van der Waals surface area contributed by atoms with Gasteiger partial charge in [-0.25, -0.2) is 0 Å². The van der Waals surface area contributed by atoms with Crippen molar-refractivity contribution in [3.05, 3.63) is 35.9 Å². The maximum absolute atomic E-state index is 12.8. The number of carbonyl (C=O) groups excluding carboxylic acids is 2. The Hall–Kier alpha value is -1.87. The quantitative estimate of drug-likeness (QED) is 0.320. The Morgan fingerprint density at radius 3 is 2.51 bits per heavy atom. The number of amides is 1. The first kappa shape index (κ1) is 29.2. The first-order chi connectivity index (χ1) is 19.3. The molecule has 6 atom stereocenters. The van der Waals surface area contributed by atoms with Crippen molar-refractivity contribution in [3.8, 4) is 0 Å². The zero-order valence-electron chi connectivity index (χ0n) is 25.1. The van der Waals surface area contributed by atoms with Crippen LogP contribution in [0, 0.1) is 22.7 Å². The number of carbonyl (C=O) groups is 2. The van der Waals surface area contributed by atoms with E-state index in [1.54, 1.807) is 11.8 Å². The molecule has 0 bridgehead atoms. The third-order valence-corrected chi connectivity index (χ3v) is 12.3. The average Bonchev–Trinajstić information content (AvgIpc) is 3.22. The molecule has 2 N–H and O–H groups in total. The van der Waals surface area contributed by atoms with Crippen LogP contribution in [0.5, 0.6) is 0 Å². The minimum atomic E-state index is -1.02. The summed E-state index contributed by atoms with van der Waals surface area (Å²) in [5.74, 6) is -0.354. The van der Waals surface area contributed by atoms with Gasteiger partial charge in [-0.2, -0.15) is 0 Å². The fraction of sp³-hybridized carbons (Fsp3) is 0.697. The SMILES string of the molecule is CC(=O)Nc1cccc(S[C@]23CCC4(C[C@]2(O)CC[C@@H]2C3=CC[C@]3(C)[C@@H](OC(C)=O)CC[C@@H]23)OCC(C)(C)CO4)c1. The zero-order chi connectivity index (χ0) is 29.3. The van der Waals surface area contributed by atoms with Crippen molar-refractivity contribution in [1.82, 2.24) is 0 Å². The highest BCUT2D eigenvalue weighted by Gasteiger charge is 2.67. The molecule has 6 rings (SSSR count). The maximum atomic E-state index is 12.8. The number of thioether (sulfide) groups is 1. The summed E-state index contributed by atoms with van der Waals surface area (Å²) in [5, 5.41) is 15.7. The van der Waals surface area contributed by atoms with Gasteiger partial charge in [0.1, 0.15) is 6.10 Å². The van der Waals surface area contributed by atoms with E-state index in [9.17, 15) is 14.7 Å². The van der Waals surface area contributed by atoms with Crippen LogP contribution >= 0.6 is 11.8 Å². The molecule has 1 aliphatic heterocycles. The molecule has 4 aliphatic carbocycles. The van der Waals surface area contributed by atoms with E-state index in [0.29, 0.717) is 44.3 Å². The highest BCUT2D eigenvalue weighted by Crippen LogP contribution is 2.68. The lowest BCUT2D eigenvalue weighted by molar-refractivity contribution is -0.331. The van der Waals surface area contributed by atoms with Crippen LogP contribution in [0.15, 0.2) is 40.8 Å². The Morgan fingerprint density at radius 2 is 1.80 bits per heavy atom. The Kier molecular flexibility index (Phi) is 7.20. The van der Waals surface area contributed by atoms with Crippen LogP contribution in [0.2, 0.25) is 0 Å². The Bertz CT molecular complexity index is 1250. The normalized spacial score (nSPS) is 38.7. The molecule has 0 radical (unpaired) electrons. The van der Waals surface area contributed by atoms with Gasteiger partial charge in [0.2, 0.25) is 5.91 Å². The molecule has 1 heterocycles. The van der Waals surface area contributed by atoms with Crippen molar-refractivity contribution in [3.63, 3.8) is 0 Å². The summed E-state index contributed by atoms with van der Waals surface area (Å²) < 4.78 is 18.2. The molecular formula is C33H45NO6S.